The van der Waals surface area contributed by atoms with E-state index in [2.05, 4.69) is 32.6 Å². The number of carbonyl (C=O) groups excluding carboxylic acids is 2. The van der Waals surface area contributed by atoms with Gasteiger partial charge in [-0.25, -0.2) is 27.9 Å². The summed E-state index contributed by atoms with van der Waals surface area (Å²) in [6.45, 7) is 6.37. The highest BCUT2D eigenvalue weighted by atomic mass is 19.1. The van der Waals surface area contributed by atoms with Gasteiger partial charge in [-0.15, -0.1) is 0 Å². The molecule has 11 nitrogen and oxygen atoms in total. The molecule has 3 aromatic rings. The third kappa shape index (κ3) is 7.44. The lowest BCUT2D eigenvalue weighted by Gasteiger charge is -2.33. The molecule has 5 rings (SSSR count). The Bertz CT molecular complexity index is 1560. The van der Waals surface area contributed by atoms with Crippen LogP contribution in [-0.4, -0.2) is 58.2 Å². The maximum absolute atomic E-state index is 14.6. The molecule has 45 heavy (non-hydrogen) atoms. The second-order valence-corrected chi connectivity index (χ2v) is 11.3. The monoisotopic (exact) mass is 623 g/mol. The molecule has 2 aromatic carbocycles. The highest BCUT2D eigenvalue weighted by Gasteiger charge is 2.31. The van der Waals surface area contributed by atoms with Crippen LogP contribution in [0.25, 0.3) is 0 Å². The van der Waals surface area contributed by atoms with Gasteiger partial charge in [-0.2, -0.15) is 4.99 Å². The minimum atomic E-state index is -1.12. The molecule has 5 N–H and O–H groups in total. The molecule has 1 aliphatic heterocycles. The molecule has 1 saturated carbocycles. The van der Waals surface area contributed by atoms with E-state index in [9.17, 15) is 22.8 Å². The smallest absolute Gasteiger partial charge is 0.321 e. The van der Waals surface area contributed by atoms with Gasteiger partial charge in [0, 0.05) is 48.9 Å². The van der Waals surface area contributed by atoms with E-state index in [1.54, 1.807) is 16.4 Å². The number of imidazole rings is 1. The molecular formula is C31H36F3N9O2. The second kappa shape index (κ2) is 13.8. The van der Waals surface area contributed by atoms with Crippen molar-refractivity contribution in [3.8, 4) is 0 Å². The number of urea groups is 1. The van der Waals surface area contributed by atoms with Crippen molar-refractivity contribution in [3.63, 3.8) is 0 Å². The first-order valence-electron chi connectivity index (χ1n) is 14.9. The number of piperidine rings is 1. The number of guanidine groups is 1. The van der Waals surface area contributed by atoms with Crippen LogP contribution in [0.15, 0.2) is 52.4 Å². The van der Waals surface area contributed by atoms with E-state index < -0.39 is 23.1 Å². The van der Waals surface area contributed by atoms with Gasteiger partial charge in [-0.3, -0.25) is 9.36 Å². The van der Waals surface area contributed by atoms with Crippen molar-refractivity contribution in [3.05, 3.63) is 65.6 Å². The fourth-order valence-corrected chi connectivity index (χ4v) is 5.90. The van der Waals surface area contributed by atoms with E-state index in [0.717, 1.165) is 12.8 Å². The van der Waals surface area contributed by atoms with Gasteiger partial charge in [0.1, 0.15) is 11.5 Å². The third-order valence-corrected chi connectivity index (χ3v) is 8.19. The normalized spacial score (nSPS) is 20.4. The van der Waals surface area contributed by atoms with E-state index >= 15 is 0 Å². The first-order chi connectivity index (χ1) is 21.6. The number of nitrogens with one attached hydrogen (secondary N) is 3. The summed E-state index contributed by atoms with van der Waals surface area (Å²) < 4.78 is 44.6. The van der Waals surface area contributed by atoms with Crippen molar-refractivity contribution in [2.75, 3.05) is 23.7 Å². The lowest BCUT2D eigenvalue weighted by molar-refractivity contribution is -0.122. The van der Waals surface area contributed by atoms with Gasteiger partial charge in [-0.1, -0.05) is 18.2 Å². The first-order valence-corrected chi connectivity index (χ1v) is 14.9. The predicted molar refractivity (Wildman–Crippen MR) is 167 cm³/mol. The summed E-state index contributed by atoms with van der Waals surface area (Å²) in [7, 11) is 0. The molecule has 1 atom stereocenters. The van der Waals surface area contributed by atoms with E-state index in [1.807, 2.05) is 30.3 Å². The summed E-state index contributed by atoms with van der Waals surface area (Å²) in [5.41, 5.74) is 6.12. The first kappa shape index (κ1) is 31.5. The number of primary amides is 1. The molecule has 2 aliphatic rings. The van der Waals surface area contributed by atoms with E-state index in [4.69, 9.17) is 10.7 Å². The third-order valence-electron chi connectivity index (χ3n) is 8.19. The van der Waals surface area contributed by atoms with Crippen LogP contribution in [0.3, 0.4) is 0 Å². The number of carbonyl (C=O) groups is 2. The van der Waals surface area contributed by atoms with Crippen molar-refractivity contribution in [2.24, 2.45) is 21.6 Å². The highest BCUT2D eigenvalue weighted by molar-refractivity contribution is 5.90. The largest absolute Gasteiger partial charge is 0.369 e. The van der Waals surface area contributed by atoms with Crippen molar-refractivity contribution >= 4 is 47.8 Å². The Hall–Kier alpha value is -4.88. The fourth-order valence-electron chi connectivity index (χ4n) is 5.90. The van der Waals surface area contributed by atoms with Crippen molar-refractivity contribution in [1.29, 1.82) is 0 Å². The molecule has 3 amide bonds. The van der Waals surface area contributed by atoms with Gasteiger partial charge in [0.2, 0.25) is 17.8 Å². The average Bonchev–Trinajstić information content (AvgIpc) is 3.33. The molecular weight excluding hydrogens is 587 g/mol. The molecule has 2 heterocycles. The summed E-state index contributed by atoms with van der Waals surface area (Å²) in [5.74, 6) is -3.27. The number of aryl methyl sites for hydroxylation is 1. The standard InChI is InChI=1S/C31H36F3N9O2/c1-18-28(41-29(36-2)38-22-9-6-14-42(17-22)31(45)39-21-7-4-3-5-8-21)43(23-12-10-19(11-13-23)27(35)44)30(37-18)40-26-24(33)15-20(32)16-25(26)34/h3-5,7-8,15-16,19,22-23H,2,6,9-14,17H2,1H3,(H2,35,44)(H,37,40)(H,38,41)(H,39,45)/t19-,22-,23+/m1/s1. The molecule has 238 valence electrons. The van der Waals surface area contributed by atoms with Crippen molar-refractivity contribution in [2.45, 2.75) is 57.5 Å². The van der Waals surface area contributed by atoms with E-state index in [1.165, 1.54) is 0 Å². The Kier molecular flexibility index (Phi) is 9.69. The van der Waals surface area contributed by atoms with Crippen LogP contribution in [0.4, 0.5) is 41.1 Å². The maximum Gasteiger partial charge on any atom is 0.321 e. The summed E-state index contributed by atoms with van der Waals surface area (Å²) in [5, 5.41) is 8.88. The number of para-hydroxylation sites is 1. The van der Waals surface area contributed by atoms with Crippen LogP contribution in [0.5, 0.6) is 0 Å². The van der Waals surface area contributed by atoms with Gasteiger partial charge in [0.15, 0.2) is 17.5 Å². The SMILES string of the molecule is C=N/C(=N\c1c(C)nc(Nc2c(F)cc(F)cc2F)n1[C@H]1CC[C@@H](C(N)=O)CC1)N[C@@H]1CCCN(C(=O)Nc2ccccc2)C1. The number of anilines is 3. The summed E-state index contributed by atoms with van der Waals surface area (Å²) in [6, 6.07) is 9.73. The topological polar surface area (TPSA) is 142 Å². The number of hydrogen-bond donors (Lipinski definition) is 4. The number of nitrogens with two attached hydrogens (primary N) is 1. The molecule has 1 aliphatic carbocycles. The molecule has 0 unspecified atom stereocenters. The van der Waals surface area contributed by atoms with Gasteiger partial charge in [-0.05, 0) is 64.3 Å². The summed E-state index contributed by atoms with van der Waals surface area (Å²) in [4.78, 5) is 39.8. The molecule has 1 saturated heterocycles. The Morgan fingerprint density at radius 2 is 1.73 bits per heavy atom. The van der Waals surface area contributed by atoms with Crippen LogP contribution in [-0.2, 0) is 4.79 Å². The number of hydrogen-bond acceptors (Lipinski definition) is 5. The van der Waals surface area contributed by atoms with Gasteiger partial charge < -0.3 is 26.6 Å². The van der Waals surface area contributed by atoms with Crippen LogP contribution in [0, 0.1) is 30.3 Å². The number of rotatable bonds is 7. The molecule has 14 heteroatoms. The predicted octanol–water partition coefficient (Wildman–Crippen LogP) is 5.54. The number of aliphatic imine (C=N–C) groups is 2. The van der Waals surface area contributed by atoms with Gasteiger partial charge >= 0.3 is 6.03 Å². The van der Waals surface area contributed by atoms with Crippen LogP contribution in [0.1, 0.15) is 50.3 Å². The zero-order valence-electron chi connectivity index (χ0n) is 24.9. The van der Waals surface area contributed by atoms with Crippen LogP contribution >= 0.6 is 0 Å². The Morgan fingerprint density at radius 3 is 2.38 bits per heavy atom. The summed E-state index contributed by atoms with van der Waals surface area (Å²) in [6.07, 6.45) is 3.63. The highest BCUT2D eigenvalue weighted by Crippen LogP contribution is 2.40. The Labute approximate surface area is 258 Å². The van der Waals surface area contributed by atoms with Crippen molar-refractivity contribution in [1.82, 2.24) is 19.8 Å². The zero-order chi connectivity index (χ0) is 32.1. The lowest BCUT2D eigenvalue weighted by Crippen LogP contribution is -2.50. The fraction of sp³-hybridized carbons (Fsp3) is 0.387. The number of aromatic nitrogens is 2. The maximum atomic E-state index is 14.6. The van der Waals surface area contributed by atoms with E-state index in [0.29, 0.717) is 68.1 Å². The molecule has 2 fully saturated rings. The lowest BCUT2D eigenvalue weighted by atomic mass is 9.85. The summed E-state index contributed by atoms with van der Waals surface area (Å²) >= 11 is 0. The minimum Gasteiger partial charge on any atom is -0.369 e. The molecule has 0 spiro atoms. The average molecular weight is 624 g/mol. The van der Waals surface area contributed by atoms with E-state index in [-0.39, 0.29) is 41.8 Å². The molecule has 1 aromatic heterocycles. The van der Waals surface area contributed by atoms with Crippen molar-refractivity contribution < 1.29 is 22.8 Å². The van der Waals surface area contributed by atoms with Crippen LogP contribution in [0.2, 0.25) is 0 Å². The Balaban J connectivity index is 1.41. The van der Waals surface area contributed by atoms with Gasteiger partial charge in [0.25, 0.3) is 0 Å². The zero-order valence-corrected chi connectivity index (χ0v) is 24.9. The van der Waals surface area contributed by atoms with Gasteiger partial charge in [0.05, 0.1) is 5.69 Å². The minimum absolute atomic E-state index is 0.100. The van der Waals surface area contributed by atoms with Crippen LogP contribution < -0.4 is 21.7 Å². The number of likely N-dealkylation sites (tertiary alicyclic amines) is 1. The second-order valence-electron chi connectivity index (χ2n) is 11.3. The number of benzene rings is 2. The number of nitrogens with zero attached hydrogens (tertiary/aromatic N) is 5. The molecule has 0 radical (unpaired) electrons. The molecule has 0 bridgehead atoms. The number of amides is 3. The Morgan fingerprint density at radius 1 is 1.04 bits per heavy atom. The quantitative estimate of drug-likeness (QED) is 0.202. The number of halogens is 3.